The molecule has 7 heteroatoms. The monoisotopic (exact) mass is 202 g/mol. The average Bonchev–Trinajstić information content (AvgIpc) is 2.16. The van der Waals surface area contributed by atoms with Gasteiger partial charge in [0.25, 0.3) is 0 Å². The lowest BCUT2D eigenvalue weighted by molar-refractivity contribution is -0.371. The summed E-state index contributed by atoms with van der Waals surface area (Å²) >= 11 is 0. The minimum absolute atomic E-state index is 0.208. The highest BCUT2D eigenvalue weighted by Gasteiger charge is 2.42. The van der Waals surface area contributed by atoms with E-state index in [1.54, 1.807) is 0 Å². The first kappa shape index (κ1) is 10.8. The number of ether oxygens (including phenoxy) is 2. The third-order valence-corrected chi connectivity index (χ3v) is 1.77. The fraction of sp³-hybridized carbons (Fsp3) is 0.571. The van der Waals surface area contributed by atoms with E-state index < -0.39 is 6.03 Å². The zero-order valence-electron chi connectivity index (χ0n) is 8.35. The van der Waals surface area contributed by atoms with Gasteiger partial charge in [0.2, 0.25) is 0 Å². The Morgan fingerprint density at radius 2 is 1.86 bits per heavy atom. The van der Waals surface area contributed by atoms with E-state index in [4.69, 9.17) is 25.8 Å². The number of amidine groups is 1. The van der Waals surface area contributed by atoms with Crippen LogP contribution in [0, 0.1) is 0 Å². The molecule has 0 saturated carbocycles. The van der Waals surface area contributed by atoms with Gasteiger partial charge in [0.15, 0.2) is 0 Å². The van der Waals surface area contributed by atoms with Gasteiger partial charge in [-0.1, -0.05) is 0 Å². The van der Waals surface area contributed by atoms with Gasteiger partial charge in [-0.25, -0.2) is 0 Å². The van der Waals surface area contributed by atoms with Crippen LogP contribution < -0.4 is 11.5 Å². The number of aliphatic imine (C=N–C) groups is 1. The molecule has 7 nitrogen and oxygen atoms in total. The summed E-state index contributed by atoms with van der Waals surface area (Å²) in [5.74, 6) is 0.461. The molecule has 14 heavy (non-hydrogen) atoms. The summed E-state index contributed by atoms with van der Waals surface area (Å²) in [6, 6.07) is -1.45. The number of hydroxylamine groups is 2. The molecule has 1 heterocycles. The van der Waals surface area contributed by atoms with Gasteiger partial charge in [-0.15, -0.1) is 0 Å². The number of rotatable bonds is 3. The van der Waals surface area contributed by atoms with Crippen LogP contribution in [0.15, 0.2) is 16.9 Å². The number of nitrogens with zero attached hydrogens (tertiary/aromatic N) is 2. The van der Waals surface area contributed by atoms with Gasteiger partial charge in [-0.05, 0) is 0 Å². The van der Waals surface area contributed by atoms with Gasteiger partial charge >= 0.3 is 6.03 Å². The third kappa shape index (κ3) is 1.52. The number of methoxy groups -OCH3 is 2. The first-order valence-electron chi connectivity index (χ1n) is 3.86. The Bertz CT molecular complexity index is 272. The molecule has 0 aromatic rings. The Morgan fingerprint density at radius 1 is 1.29 bits per heavy atom. The van der Waals surface area contributed by atoms with Crippen molar-refractivity contribution in [3.63, 3.8) is 0 Å². The van der Waals surface area contributed by atoms with E-state index in [0.717, 1.165) is 0 Å². The molecule has 4 N–H and O–H groups in total. The van der Waals surface area contributed by atoms with Gasteiger partial charge in [0.1, 0.15) is 11.7 Å². The van der Waals surface area contributed by atoms with E-state index >= 15 is 0 Å². The summed E-state index contributed by atoms with van der Waals surface area (Å²) in [5.41, 5.74) is 11.2. The molecule has 0 aliphatic carbocycles. The largest absolute Gasteiger partial charge is 0.386 e. The summed E-state index contributed by atoms with van der Waals surface area (Å²) < 4.78 is 10.1. The van der Waals surface area contributed by atoms with Crippen LogP contribution in [0.4, 0.5) is 0 Å². The molecule has 0 atom stereocenters. The van der Waals surface area contributed by atoms with E-state index in [2.05, 4.69) is 4.99 Å². The standard InChI is InChI=1S/C7H14N4O3/c1-12-7(13-2)10-5(8)4-6(9)11(7)14-3/h4H,9H2,1-3H3,(H2,8,10). The Hall–Kier alpha value is -1.31. The summed E-state index contributed by atoms with van der Waals surface area (Å²) in [5, 5.41) is 1.17. The molecule has 0 fully saturated rings. The van der Waals surface area contributed by atoms with Crippen LogP contribution in [0.25, 0.3) is 0 Å². The zero-order valence-corrected chi connectivity index (χ0v) is 8.35. The molecular formula is C7H14N4O3. The highest BCUT2D eigenvalue weighted by molar-refractivity contribution is 5.92. The van der Waals surface area contributed by atoms with Crippen LogP contribution in [0.2, 0.25) is 0 Å². The van der Waals surface area contributed by atoms with E-state index in [-0.39, 0.29) is 11.7 Å². The maximum absolute atomic E-state index is 5.65. The molecule has 0 aromatic heterocycles. The van der Waals surface area contributed by atoms with Crippen molar-refractivity contribution in [2.45, 2.75) is 6.03 Å². The number of nitrogens with two attached hydrogens (primary N) is 2. The second kappa shape index (κ2) is 3.82. The molecule has 0 bridgehead atoms. The van der Waals surface area contributed by atoms with Crippen LogP contribution in [-0.4, -0.2) is 38.3 Å². The second-order valence-corrected chi connectivity index (χ2v) is 2.54. The van der Waals surface area contributed by atoms with Crippen molar-refractivity contribution in [1.29, 1.82) is 0 Å². The highest BCUT2D eigenvalue weighted by Crippen LogP contribution is 2.25. The van der Waals surface area contributed by atoms with Crippen molar-refractivity contribution >= 4 is 5.84 Å². The van der Waals surface area contributed by atoms with E-state index in [0.29, 0.717) is 0 Å². The van der Waals surface area contributed by atoms with E-state index in [1.165, 1.54) is 32.5 Å². The maximum Gasteiger partial charge on any atom is 0.386 e. The zero-order chi connectivity index (χ0) is 10.8. The van der Waals surface area contributed by atoms with Gasteiger partial charge in [-0.2, -0.15) is 10.1 Å². The number of hydrogen-bond acceptors (Lipinski definition) is 7. The average molecular weight is 202 g/mol. The fourth-order valence-electron chi connectivity index (χ4n) is 1.18. The SMILES string of the molecule is CON1C(N)=CC(N)=NC1(OC)OC. The minimum atomic E-state index is -1.45. The quantitative estimate of drug-likeness (QED) is 0.565. The molecule has 1 aliphatic rings. The van der Waals surface area contributed by atoms with Crippen molar-refractivity contribution in [2.24, 2.45) is 16.5 Å². The molecule has 0 amide bonds. The number of hydrogen-bond donors (Lipinski definition) is 2. The van der Waals surface area contributed by atoms with Crippen molar-refractivity contribution in [1.82, 2.24) is 5.06 Å². The van der Waals surface area contributed by atoms with Crippen LogP contribution in [0.1, 0.15) is 0 Å². The van der Waals surface area contributed by atoms with Gasteiger partial charge < -0.3 is 20.9 Å². The van der Waals surface area contributed by atoms with Crippen molar-refractivity contribution in [2.75, 3.05) is 21.3 Å². The molecule has 0 radical (unpaired) electrons. The molecule has 0 aromatic carbocycles. The Kier molecular flexibility index (Phi) is 2.94. The maximum atomic E-state index is 5.65. The summed E-state index contributed by atoms with van der Waals surface area (Å²) in [4.78, 5) is 8.92. The molecule has 0 saturated heterocycles. The predicted molar refractivity (Wildman–Crippen MR) is 49.5 cm³/mol. The molecule has 80 valence electrons. The van der Waals surface area contributed by atoms with Gasteiger partial charge in [0, 0.05) is 20.3 Å². The third-order valence-electron chi connectivity index (χ3n) is 1.77. The smallest absolute Gasteiger partial charge is 0.384 e. The Morgan fingerprint density at radius 3 is 2.29 bits per heavy atom. The summed E-state index contributed by atoms with van der Waals surface area (Å²) in [6.07, 6.45) is 1.44. The predicted octanol–water partition coefficient (Wildman–Crippen LogP) is -1.08. The Balaban J connectivity index is 3.09. The molecule has 0 spiro atoms. The molecule has 1 aliphatic heterocycles. The van der Waals surface area contributed by atoms with Crippen LogP contribution >= 0.6 is 0 Å². The first-order chi connectivity index (χ1) is 6.59. The Labute approximate surface area is 81.9 Å². The first-order valence-corrected chi connectivity index (χ1v) is 3.86. The minimum Gasteiger partial charge on any atom is -0.384 e. The second-order valence-electron chi connectivity index (χ2n) is 2.54. The molecule has 0 unspecified atom stereocenters. The molecular weight excluding hydrogens is 188 g/mol. The fourth-order valence-corrected chi connectivity index (χ4v) is 1.18. The van der Waals surface area contributed by atoms with Crippen LogP contribution in [0.3, 0.4) is 0 Å². The normalized spacial score (nSPS) is 20.4. The van der Waals surface area contributed by atoms with Crippen molar-refractivity contribution < 1.29 is 14.3 Å². The van der Waals surface area contributed by atoms with Crippen LogP contribution in [0.5, 0.6) is 0 Å². The van der Waals surface area contributed by atoms with Crippen LogP contribution in [-0.2, 0) is 14.3 Å². The van der Waals surface area contributed by atoms with Crippen molar-refractivity contribution in [3.8, 4) is 0 Å². The van der Waals surface area contributed by atoms with Crippen molar-refractivity contribution in [3.05, 3.63) is 11.9 Å². The lowest BCUT2D eigenvalue weighted by atomic mass is 10.4. The van der Waals surface area contributed by atoms with E-state index in [9.17, 15) is 0 Å². The lowest BCUT2D eigenvalue weighted by Crippen LogP contribution is -2.54. The van der Waals surface area contributed by atoms with Gasteiger partial charge in [0.05, 0.1) is 7.11 Å². The summed E-state index contributed by atoms with van der Waals surface area (Å²) in [6.45, 7) is 0. The highest BCUT2D eigenvalue weighted by atomic mass is 16.8. The summed E-state index contributed by atoms with van der Waals surface area (Å²) in [7, 11) is 4.24. The van der Waals surface area contributed by atoms with Gasteiger partial charge in [-0.3, -0.25) is 4.84 Å². The topological polar surface area (TPSA) is 95.3 Å². The van der Waals surface area contributed by atoms with E-state index in [1.807, 2.05) is 0 Å². The molecule has 1 rings (SSSR count). The lowest BCUT2D eigenvalue weighted by Gasteiger charge is -2.38.